The first-order chi connectivity index (χ1) is 6.78. The molecule has 1 aromatic rings. The normalized spacial score (nSPS) is 22.9. The van der Waals surface area contributed by atoms with Gasteiger partial charge in [-0.2, -0.15) is 0 Å². The fourth-order valence-electron chi connectivity index (χ4n) is 1.84. The highest BCUT2D eigenvalue weighted by Gasteiger charge is 2.19. The van der Waals surface area contributed by atoms with Crippen molar-refractivity contribution < 1.29 is 0 Å². The molecule has 78 valence electrons. The van der Waals surface area contributed by atoms with E-state index in [-0.39, 0.29) is 0 Å². The molecule has 1 atom stereocenters. The maximum atomic E-state index is 5.28. The third-order valence-corrected chi connectivity index (χ3v) is 3.48. The molecular formula is C9H16N4S. The van der Waals surface area contributed by atoms with Gasteiger partial charge >= 0.3 is 0 Å². The van der Waals surface area contributed by atoms with Crippen LogP contribution in [0.4, 0.5) is 5.13 Å². The minimum absolute atomic E-state index is 0.798. The van der Waals surface area contributed by atoms with Crippen LogP contribution in [0.25, 0.3) is 0 Å². The Morgan fingerprint density at radius 1 is 1.79 bits per heavy atom. The molecule has 0 amide bonds. The Labute approximate surface area is 88.1 Å². The summed E-state index contributed by atoms with van der Waals surface area (Å²) >= 11 is 1.63. The van der Waals surface area contributed by atoms with Crippen molar-refractivity contribution in [1.82, 2.24) is 9.88 Å². The number of rotatable bonds is 3. The third kappa shape index (κ3) is 2.23. The zero-order chi connectivity index (χ0) is 9.97. The fourth-order valence-corrected chi connectivity index (χ4v) is 2.60. The van der Waals surface area contributed by atoms with Crippen LogP contribution >= 0.6 is 11.3 Å². The summed E-state index contributed by atoms with van der Waals surface area (Å²) in [5.41, 5.74) is 2.57. The van der Waals surface area contributed by atoms with Gasteiger partial charge in [-0.05, 0) is 18.9 Å². The SMILES string of the molecule is CC1CCN(Cc2cnc(NN)s2)C1. The largest absolute Gasteiger partial charge is 0.300 e. The molecule has 1 unspecified atom stereocenters. The van der Waals surface area contributed by atoms with Gasteiger partial charge in [0.15, 0.2) is 5.13 Å². The number of nitrogens with one attached hydrogen (secondary N) is 1. The monoisotopic (exact) mass is 212 g/mol. The van der Waals surface area contributed by atoms with Crippen molar-refractivity contribution in [1.29, 1.82) is 0 Å². The third-order valence-electron chi connectivity index (χ3n) is 2.56. The molecule has 4 nitrogen and oxygen atoms in total. The van der Waals surface area contributed by atoms with E-state index >= 15 is 0 Å². The second-order valence-corrected chi connectivity index (χ2v) is 5.02. The number of hydrogen-bond acceptors (Lipinski definition) is 5. The lowest BCUT2D eigenvalue weighted by molar-refractivity contribution is 0.323. The number of hydrazine groups is 1. The molecule has 2 rings (SSSR count). The van der Waals surface area contributed by atoms with Gasteiger partial charge < -0.3 is 0 Å². The van der Waals surface area contributed by atoms with E-state index in [0.717, 1.165) is 17.6 Å². The Balaban J connectivity index is 1.90. The first kappa shape index (κ1) is 9.89. The molecule has 0 aromatic carbocycles. The summed E-state index contributed by atoms with van der Waals surface area (Å²) in [4.78, 5) is 7.91. The van der Waals surface area contributed by atoms with Crippen molar-refractivity contribution in [2.24, 2.45) is 11.8 Å². The van der Waals surface area contributed by atoms with Crippen molar-refractivity contribution in [3.05, 3.63) is 11.1 Å². The van der Waals surface area contributed by atoms with Gasteiger partial charge in [-0.15, -0.1) is 0 Å². The summed E-state index contributed by atoms with van der Waals surface area (Å²) in [5, 5.41) is 0.798. The summed E-state index contributed by atoms with van der Waals surface area (Å²) in [6, 6.07) is 0. The van der Waals surface area contributed by atoms with Crippen LogP contribution in [-0.2, 0) is 6.54 Å². The fraction of sp³-hybridized carbons (Fsp3) is 0.667. The van der Waals surface area contributed by atoms with Crippen LogP contribution in [0, 0.1) is 5.92 Å². The molecule has 5 heteroatoms. The van der Waals surface area contributed by atoms with Gasteiger partial charge in [0.05, 0.1) is 0 Å². The van der Waals surface area contributed by atoms with E-state index in [9.17, 15) is 0 Å². The molecule has 0 saturated carbocycles. The maximum absolute atomic E-state index is 5.28. The number of likely N-dealkylation sites (tertiary alicyclic amines) is 1. The van der Waals surface area contributed by atoms with E-state index < -0.39 is 0 Å². The Kier molecular flexibility index (Phi) is 3.00. The van der Waals surface area contributed by atoms with E-state index in [2.05, 4.69) is 22.2 Å². The standard InChI is InChI=1S/C9H16N4S/c1-7-2-3-13(5-7)6-8-4-11-9(12-10)14-8/h4,7H,2-3,5-6,10H2,1H3,(H,11,12). The van der Waals surface area contributed by atoms with E-state index in [1.165, 1.54) is 24.4 Å². The summed E-state index contributed by atoms with van der Waals surface area (Å²) in [5.74, 6) is 6.12. The van der Waals surface area contributed by atoms with E-state index in [4.69, 9.17) is 5.84 Å². The molecule has 1 saturated heterocycles. The molecular weight excluding hydrogens is 196 g/mol. The Hall–Kier alpha value is -0.650. The lowest BCUT2D eigenvalue weighted by atomic mass is 10.2. The Morgan fingerprint density at radius 3 is 3.21 bits per heavy atom. The summed E-state index contributed by atoms with van der Waals surface area (Å²) in [6.45, 7) is 5.75. The number of aromatic nitrogens is 1. The van der Waals surface area contributed by atoms with Gasteiger partial charge in [-0.3, -0.25) is 10.3 Å². The van der Waals surface area contributed by atoms with Crippen LogP contribution in [-0.4, -0.2) is 23.0 Å². The van der Waals surface area contributed by atoms with Gasteiger partial charge in [0.2, 0.25) is 0 Å². The topological polar surface area (TPSA) is 54.2 Å². The quantitative estimate of drug-likeness (QED) is 0.585. The van der Waals surface area contributed by atoms with Crippen molar-refractivity contribution in [3.8, 4) is 0 Å². The molecule has 1 aliphatic rings. The van der Waals surface area contributed by atoms with Gasteiger partial charge in [0.25, 0.3) is 0 Å². The number of anilines is 1. The van der Waals surface area contributed by atoms with Gasteiger partial charge in [-0.25, -0.2) is 10.8 Å². The smallest absolute Gasteiger partial charge is 0.197 e. The minimum atomic E-state index is 0.798. The molecule has 1 aromatic heterocycles. The van der Waals surface area contributed by atoms with E-state index in [1.807, 2.05) is 6.20 Å². The molecule has 3 N–H and O–H groups in total. The van der Waals surface area contributed by atoms with Gasteiger partial charge in [0.1, 0.15) is 0 Å². The number of thiazole rings is 1. The highest BCUT2D eigenvalue weighted by Crippen LogP contribution is 2.22. The van der Waals surface area contributed by atoms with Crippen molar-refractivity contribution in [3.63, 3.8) is 0 Å². The Morgan fingerprint density at radius 2 is 2.64 bits per heavy atom. The predicted molar refractivity (Wildman–Crippen MR) is 59.0 cm³/mol. The van der Waals surface area contributed by atoms with Crippen LogP contribution in [0.2, 0.25) is 0 Å². The second kappa shape index (κ2) is 4.25. The summed E-state index contributed by atoms with van der Waals surface area (Å²) in [6.07, 6.45) is 3.23. The zero-order valence-electron chi connectivity index (χ0n) is 8.36. The average molecular weight is 212 g/mol. The highest BCUT2D eigenvalue weighted by atomic mass is 32.1. The van der Waals surface area contributed by atoms with Crippen LogP contribution in [0.5, 0.6) is 0 Å². The average Bonchev–Trinajstić information content (AvgIpc) is 2.76. The number of nitrogen functional groups attached to an aromatic ring is 1. The van der Waals surface area contributed by atoms with Crippen LogP contribution in [0.3, 0.4) is 0 Å². The maximum Gasteiger partial charge on any atom is 0.197 e. The van der Waals surface area contributed by atoms with Gasteiger partial charge in [0, 0.05) is 24.2 Å². The molecule has 0 bridgehead atoms. The molecule has 2 heterocycles. The van der Waals surface area contributed by atoms with E-state index in [0.29, 0.717) is 0 Å². The first-order valence-electron chi connectivity index (χ1n) is 4.91. The number of hydrogen-bond donors (Lipinski definition) is 2. The second-order valence-electron chi connectivity index (χ2n) is 3.91. The molecule has 0 spiro atoms. The Bertz CT molecular complexity index is 299. The number of nitrogens with zero attached hydrogens (tertiary/aromatic N) is 2. The van der Waals surface area contributed by atoms with Crippen molar-refractivity contribution >= 4 is 16.5 Å². The lowest BCUT2D eigenvalue weighted by Gasteiger charge is -2.12. The van der Waals surface area contributed by atoms with Crippen LogP contribution in [0.15, 0.2) is 6.20 Å². The highest BCUT2D eigenvalue weighted by molar-refractivity contribution is 7.15. The zero-order valence-corrected chi connectivity index (χ0v) is 9.18. The minimum Gasteiger partial charge on any atom is -0.300 e. The molecule has 1 aliphatic heterocycles. The predicted octanol–water partition coefficient (Wildman–Crippen LogP) is 1.27. The molecule has 1 fully saturated rings. The van der Waals surface area contributed by atoms with Crippen molar-refractivity contribution in [2.45, 2.75) is 19.9 Å². The lowest BCUT2D eigenvalue weighted by Crippen LogP contribution is -2.18. The summed E-state index contributed by atoms with van der Waals surface area (Å²) < 4.78 is 0. The molecule has 0 radical (unpaired) electrons. The number of nitrogens with two attached hydrogens (primary N) is 1. The first-order valence-corrected chi connectivity index (χ1v) is 5.73. The molecule has 0 aliphatic carbocycles. The molecule has 14 heavy (non-hydrogen) atoms. The summed E-state index contributed by atoms with van der Waals surface area (Å²) in [7, 11) is 0. The van der Waals surface area contributed by atoms with Crippen LogP contribution in [0.1, 0.15) is 18.2 Å². The van der Waals surface area contributed by atoms with Crippen LogP contribution < -0.4 is 11.3 Å². The van der Waals surface area contributed by atoms with E-state index in [1.54, 1.807) is 11.3 Å². The van der Waals surface area contributed by atoms with Crippen molar-refractivity contribution in [2.75, 3.05) is 18.5 Å². The van der Waals surface area contributed by atoms with Gasteiger partial charge in [-0.1, -0.05) is 18.3 Å².